The highest BCUT2D eigenvalue weighted by atomic mass is 16.5. The van der Waals surface area contributed by atoms with Gasteiger partial charge >= 0.3 is 0 Å². The molecular weight excluding hydrogens is 420 g/mol. The van der Waals surface area contributed by atoms with Gasteiger partial charge in [-0.15, -0.1) is 0 Å². The molecule has 0 saturated heterocycles. The van der Waals surface area contributed by atoms with Crippen LogP contribution in [0, 0.1) is 0 Å². The summed E-state index contributed by atoms with van der Waals surface area (Å²) in [6, 6.07) is 36.5. The molecule has 4 aromatic rings. The second-order valence-electron chi connectivity index (χ2n) is 8.69. The van der Waals surface area contributed by atoms with Gasteiger partial charge in [0.1, 0.15) is 12.4 Å². The lowest BCUT2D eigenvalue weighted by Crippen LogP contribution is -2.17. The summed E-state index contributed by atoms with van der Waals surface area (Å²) in [4.78, 5) is 12.8. The minimum atomic E-state index is -0.147. The summed E-state index contributed by atoms with van der Waals surface area (Å²) in [6.07, 6.45) is 1.15. The van der Waals surface area contributed by atoms with Crippen LogP contribution in [0.2, 0.25) is 0 Å². The Kier molecular flexibility index (Phi) is 6.68. The average Bonchev–Trinajstić information content (AvgIpc) is 3.68. The van der Waals surface area contributed by atoms with E-state index in [1.807, 2.05) is 60.7 Å². The number of nitrogens with one attached hydrogen (secondary N) is 2. The van der Waals surface area contributed by atoms with Gasteiger partial charge in [-0.05, 0) is 53.4 Å². The Morgan fingerprint density at radius 1 is 0.794 bits per heavy atom. The molecule has 34 heavy (non-hydrogen) atoms. The van der Waals surface area contributed by atoms with Crippen LogP contribution in [0.4, 0.5) is 5.69 Å². The van der Waals surface area contributed by atoms with Gasteiger partial charge in [-0.25, -0.2) is 0 Å². The van der Waals surface area contributed by atoms with Crippen LogP contribution in [0.25, 0.3) is 0 Å². The molecule has 4 aromatic carbocycles. The van der Waals surface area contributed by atoms with Crippen molar-refractivity contribution in [2.45, 2.75) is 31.5 Å². The van der Waals surface area contributed by atoms with E-state index in [1.54, 1.807) is 12.1 Å². The molecule has 170 valence electrons. The van der Waals surface area contributed by atoms with E-state index >= 15 is 0 Å². The molecule has 0 spiro atoms. The van der Waals surface area contributed by atoms with Gasteiger partial charge < -0.3 is 15.4 Å². The van der Waals surface area contributed by atoms with Crippen LogP contribution < -0.4 is 15.4 Å². The Balaban J connectivity index is 1.13. The molecule has 0 bridgehead atoms. The molecule has 4 heteroatoms. The van der Waals surface area contributed by atoms with Gasteiger partial charge in [0.15, 0.2) is 0 Å². The van der Waals surface area contributed by atoms with Crippen LogP contribution in [-0.4, -0.2) is 11.9 Å². The van der Waals surface area contributed by atoms with Crippen molar-refractivity contribution in [1.82, 2.24) is 5.32 Å². The number of benzene rings is 4. The molecule has 0 radical (unpaired) electrons. The molecule has 0 aliphatic heterocycles. The third-order valence-electron chi connectivity index (χ3n) is 6.14. The topological polar surface area (TPSA) is 50.4 Å². The van der Waals surface area contributed by atoms with E-state index in [0.717, 1.165) is 24.2 Å². The summed E-state index contributed by atoms with van der Waals surface area (Å²) in [7, 11) is 0. The maximum atomic E-state index is 12.8. The van der Waals surface area contributed by atoms with E-state index in [1.165, 1.54) is 11.1 Å². The lowest BCUT2D eigenvalue weighted by molar-refractivity contribution is 0.102. The summed E-state index contributed by atoms with van der Waals surface area (Å²) in [5.41, 5.74) is 5.06. The first-order valence-corrected chi connectivity index (χ1v) is 11.7. The highest BCUT2D eigenvalue weighted by molar-refractivity contribution is 6.04. The SMILES string of the molecule is O=C(Nc1ccc(C2CC2NCc2ccccc2)cc1)c1cccc(OCc2ccccc2)c1. The Morgan fingerprint density at radius 3 is 2.24 bits per heavy atom. The number of ether oxygens (including phenoxy) is 1. The molecule has 2 unspecified atom stereocenters. The van der Waals surface area contributed by atoms with E-state index in [0.29, 0.717) is 29.9 Å². The number of carbonyl (C=O) groups is 1. The number of hydrogen-bond donors (Lipinski definition) is 2. The Labute approximate surface area is 200 Å². The standard InChI is InChI=1S/C30H28N2O2/c33-30(25-12-7-13-27(18-25)34-21-23-10-5-2-6-11-23)32-26-16-14-24(15-17-26)28-19-29(28)31-20-22-8-3-1-4-9-22/h1-18,28-29,31H,19-21H2,(H,32,33). The zero-order chi connectivity index (χ0) is 23.2. The van der Waals surface area contributed by atoms with Crippen molar-refractivity contribution in [3.05, 3.63) is 131 Å². The largest absolute Gasteiger partial charge is 0.489 e. The summed E-state index contributed by atoms with van der Waals surface area (Å²) in [5.74, 6) is 1.06. The second-order valence-corrected chi connectivity index (χ2v) is 8.69. The Morgan fingerprint density at radius 2 is 1.50 bits per heavy atom. The van der Waals surface area contributed by atoms with E-state index in [-0.39, 0.29) is 5.91 Å². The molecule has 1 fully saturated rings. The molecule has 2 N–H and O–H groups in total. The molecule has 1 aliphatic rings. The molecule has 4 nitrogen and oxygen atoms in total. The lowest BCUT2D eigenvalue weighted by Gasteiger charge is -2.10. The number of carbonyl (C=O) groups excluding carboxylic acids is 1. The van der Waals surface area contributed by atoms with E-state index in [9.17, 15) is 4.79 Å². The van der Waals surface area contributed by atoms with Crippen LogP contribution in [0.1, 0.15) is 39.4 Å². The third-order valence-corrected chi connectivity index (χ3v) is 6.14. The minimum Gasteiger partial charge on any atom is -0.489 e. The molecule has 5 rings (SSSR count). The van der Waals surface area contributed by atoms with Gasteiger partial charge in [0.25, 0.3) is 5.91 Å². The maximum absolute atomic E-state index is 12.8. The fourth-order valence-corrected chi connectivity index (χ4v) is 4.12. The van der Waals surface area contributed by atoms with Gasteiger partial charge in [0, 0.05) is 29.8 Å². The van der Waals surface area contributed by atoms with Crippen molar-refractivity contribution in [2.75, 3.05) is 5.32 Å². The highest BCUT2D eigenvalue weighted by Gasteiger charge is 2.37. The molecule has 2 atom stereocenters. The van der Waals surface area contributed by atoms with Crippen molar-refractivity contribution in [1.29, 1.82) is 0 Å². The molecular formula is C30H28N2O2. The summed E-state index contributed by atoms with van der Waals surface area (Å²) < 4.78 is 5.85. The Hall–Kier alpha value is -3.89. The van der Waals surface area contributed by atoms with Gasteiger partial charge in [-0.2, -0.15) is 0 Å². The van der Waals surface area contributed by atoms with Crippen LogP contribution in [0.15, 0.2) is 109 Å². The number of amides is 1. The van der Waals surface area contributed by atoms with Crippen LogP contribution in [0.3, 0.4) is 0 Å². The summed E-state index contributed by atoms with van der Waals surface area (Å²) >= 11 is 0. The number of anilines is 1. The minimum absolute atomic E-state index is 0.147. The maximum Gasteiger partial charge on any atom is 0.255 e. The molecule has 1 saturated carbocycles. The van der Waals surface area contributed by atoms with E-state index < -0.39 is 0 Å². The molecule has 1 amide bonds. The average molecular weight is 449 g/mol. The van der Waals surface area contributed by atoms with Crippen molar-refractivity contribution < 1.29 is 9.53 Å². The zero-order valence-corrected chi connectivity index (χ0v) is 19.0. The van der Waals surface area contributed by atoms with Gasteiger partial charge in [0.2, 0.25) is 0 Å². The first-order valence-electron chi connectivity index (χ1n) is 11.7. The first-order chi connectivity index (χ1) is 16.7. The number of hydrogen-bond acceptors (Lipinski definition) is 3. The molecule has 1 aliphatic carbocycles. The van der Waals surface area contributed by atoms with Crippen LogP contribution in [0.5, 0.6) is 5.75 Å². The highest BCUT2D eigenvalue weighted by Crippen LogP contribution is 2.41. The fourth-order valence-electron chi connectivity index (χ4n) is 4.12. The molecule has 0 aromatic heterocycles. The predicted octanol–water partition coefficient (Wildman–Crippen LogP) is 6.16. The summed E-state index contributed by atoms with van der Waals surface area (Å²) in [5, 5.41) is 6.63. The monoisotopic (exact) mass is 448 g/mol. The van der Waals surface area contributed by atoms with Gasteiger partial charge in [-0.1, -0.05) is 78.9 Å². The van der Waals surface area contributed by atoms with Crippen LogP contribution in [-0.2, 0) is 13.2 Å². The van der Waals surface area contributed by atoms with Crippen molar-refractivity contribution in [2.24, 2.45) is 0 Å². The second kappa shape index (κ2) is 10.4. The van der Waals surface area contributed by atoms with Gasteiger partial charge in [-0.3, -0.25) is 4.79 Å². The quantitative estimate of drug-likeness (QED) is 0.322. The van der Waals surface area contributed by atoms with Crippen molar-refractivity contribution in [3.63, 3.8) is 0 Å². The molecule has 0 heterocycles. The van der Waals surface area contributed by atoms with E-state index in [2.05, 4.69) is 47.0 Å². The fraction of sp³-hybridized carbons (Fsp3) is 0.167. The zero-order valence-electron chi connectivity index (χ0n) is 19.0. The van der Waals surface area contributed by atoms with Crippen LogP contribution >= 0.6 is 0 Å². The normalized spacial score (nSPS) is 16.6. The van der Waals surface area contributed by atoms with E-state index in [4.69, 9.17) is 4.74 Å². The lowest BCUT2D eigenvalue weighted by atomic mass is 10.1. The predicted molar refractivity (Wildman–Crippen MR) is 136 cm³/mol. The third kappa shape index (κ3) is 5.72. The van der Waals surface area contributed by atoms with Crippen molar-refractivity contribution >= 4 is 11.6 Å². The smallest absolute Gasteiger partial charge is 0.255 e. The Bertz CT molecular complexity index is 1220. The van der Waals surface area contributed by atoms with Gasteiger partial charge in [0.05, 0.1) is 0 Å². The first kappa shape index (κ1) is 21.9. The number of rotatable bonds is 9. The van der Waals surface area contributed by atoms with Crippen molar-refractivity contribution in [3.8, 4) is 5.75 Å². The summed E-state index contributed by atoms with van der Waals surface area (Å²) in [6.45, 7) is 1.36.